The Kier molecular flexibility index (Phi) is 3.92. The predicted octanol–water partition coefficient (Wildman–Crippen LogP) is 3.99. The number of nitrogens with zero attached hydrogens (tertiary/aromatic N) is 2. The lowest BCUT2D eigenvalue weighted by molar-refractivity contribution is 0.580. The van der Waals surface area contributed by atoms with Crippen LogP contribution in [0.25, 0.3) is 11.1 Å². The summed E-state index contributed by atoms with van der Waals surface area (Å²) in [4.78, 5) is 0. The Morgan fingerprint density at radius 1 is 1.21 bits per heavy atom. The van der Waals surface area contributed by atoms with Crippen LogP contribution in [-0.2, 0) is 0 Å². The van der Waals surface area contributed by atoms with E-state index < -0.39 is 8.07 Å². The summed E-state index contributed by atoms with van der Waals surface area (Å²) in [5.41, 5.74) is 2.71. The summed E-state index contributed by atoms with van der Waals surface area (Å²) in [5.74, 6) is 2.80. The molecule has 0 saturated carbocycles. The highest BCUT2D eigenvalue weighted by atomic mass is 28.3. The summed E-state index contributed by atoms with van der Waals surface area (Å²) in [6.45, 7) is 7.00. The van der Waals surface area contributed by atoms with Crippen LogP contribution >= 0.6 is 0 Å². The minimum absolute atomic E-state index is 0.356. The fourth-order valence-corrected chi connectivity index (χ4v) is 3.86. The zero-order chi connectivity index (χ0) is 13.9. The molecular weight excluding hydrogens is 248 g/mol. The Balaban J connectivity index is 2.32. The second-order valence-corrected chi connectivity index (χ2v) is 11.3. The van der Waals surface area contributed by atoms with Crippen LogP contribution in [0, 0.1) is 12.3 Å². The van der Waals surface area contributed by atoms with Gasteiger partial charge in [-0.05, 0) is 5.56 Å². The normalized spacial score (nSPS) is 12.9. The molecule has 0 spiro atoms. The van der Waals surface area contributed by atoms with Gasteiger partial charge in [0.1, 0.15) is 0 Å². The first-order valence-electron chi connectivity index (χ1n) is 6.55. The minimum atomic E-state index is -1.38. The first-order chi connectivity index (χ1) is 9.02. The molecule has 19 heavy (non-hydrogen) atoms. The summed E-state index contributed by atoms with van der Waals surface area (Å²) in [7, 11) is -1.38. The van der Waals surface area contributed by atoms with Crippen molar-refractivity contribution in [1.82, 2.24) is 9.78 Å². The molecular formula is C16H20N2Si. The molecule has 1 unspecified atom stereocenters. The number of aromatic nitrogens is 2. The highest BCUT2D eigenvalue weighted by Gasteiger charge is 2.28. The maximum Gasteiger partial charge on any atom is 0.0745 e. The molecule has 2 aromatic rings. The van der Waals surface area contributed by atoms with Gasteiger partial charge in [-0.2, -0.15) is 5.10 Å². The van der Waals surface area contributed by atoms with Crippen molar-refractivity contribution in [3.05, 3.63) is 42.7 Å². The van der Waals surface area contributed by atoms with Gasteiger partial charge >= 0.3 is 0 Å². The van der Waals surface area contributed by atoms with E-state index in [2.05, 4.69) is 53.7 Å². The monoisotopic (exact) mass is 268 g/mol. The first-order valence-corrected chi connectivity index (χ1v) is 10.1. The van der Waals surface area contributed by atoms with Crippen molar-refractivity contribution in [2.75, 3.05) is 0 Å². The largest absolute Gasteiger partial charge is 0.271 e. The third kappa shape index (κ3) is 3.15. The Morgan fingerprint density at radius 2 is 1.89 bits per heavy atom. The molecule has 2 nitrogen and oxygen atoms in total. The smallest absolute Gasteiger partial charge is 0.0745 e. The first kappa shape index (κ1) is 13.6. The quantitative estimate of drug-likeness (QED) is 0.605. The van der Waals surface area contributed by atoms with Crippen LogP contribution in [0.4, 0.5) is 0 Å². The van der Waals surface area contributed by atoms with E-state index in [1.807, 2.05) is 24.4 Å². The highest BCUT2D eigenvalue weighted by molar-refractivity contribution is 6.76. The lowest BCUT2D eigenvalue weighted by atomic mass is 10.1. The van der Waals surface area contributed by atoms with E-state index in [1.54, 1.807) is 0 Å². The minimum Gasteiger partial charge on any atom is -0.271 e. The van der Waals surface area contributed by atoms with Gasteiger partial charge in [0.2, 0.25) is 0 Å². The number of rotatable bonds is 4. The van der Waals surface area contributed by atoms with Crippen molar-refractivity contribution in [3.63, 3.8) is 0 Å². The van der Waals surface area contributed by atoms with Crippen LogP contribution in [0.15, 0.2) is 42.7 Å². The Hall–Kier alpha value is -1.79. The molecule has 3 heteroatoms. The van der Waals surface area contributed by atoms with Gasteiger partial charge < -0.3 is 0 Å². The lowest BCUT2D eigenvalue weighted by Gasteiger charge is -2.27. The lowest BCUT2D eigenvalue weighted by Crippen LogP contribution is -2.35. The van der Waals surface area contributed by atoms with E-state index in [-0.39, 0.29) is 0 Å². The predicted molar refractivity (Wildman–Crippen MR) is 83.5 cm³/mol. The number of terminal acetylenes is 1. The molecule has 1 heterocycles. The molecule has 1 aromatic heterocycles. The average Bonchev–Trinajstić information content (AvgIpc) is 2.84. The third-order valence-electron chi connectivity index (χ3n) is 3.34. The Labute approximate surface area is 116 Å². The van der Waals surface area contributed by atoms with Crippen LogP contribution in [-0.4, -0.2) is 17.9 Å². The van der Waals surface area contributed by atoms with Gasteiger partial charge in [0, 0.05) is 18.2 Å². The fraction of sp³-hybridized carbons (Fsp3) is 0.312. The Bertz CT molecular complexity index is 573. The van der Waals surface area contributed by atoms with Gasteiger partial charge in [-0.15, -0.1) is 12.3 Å². The van der Waals surface area contributed by atoms with Crippen molar-refractivity contribution >= 4 is 8.07 Å². The summed E-state index contributed by atoms with van der Waals surface area (Å²) in [6, 6.07) is 10.3. The van der Waals surface area contributed by atoms with Crippen molar-refractivity contribution in [1.29, 1.82) is 0 Å². The maximum absolute atomic E-state index is 5.51. The zero-order valence-corrected chi connectivity index (χ0v) is 12.8. The molecule has 0 bridgehead atoms. The van der Waals surface area contributed by atoms with Crippen LogP contribution in [0.2, 0.25) is 19.6 Å². The van der Waals surface area contributed by atoms with E-state index in [0.29, 0.717) is 5.67 Å². The van der Waals surface area contributed by atoms with Gasteiger partial charge in [0.25, 0.3) is 0 Å². The van der Waals surface area contributed by atoms with Crippen LogP contribution in [0.3, 0.4) is 0 Å². The molecule has 98 valence electrons. The van der Waals surface area contributed by atoms with E-state index in [4.69, 9.17) is 6.42 Å². The van der Waals surface area contributed by atoms with Gasteiger partial charge in [-0.1, -0.05) is 50.0 Å². The summed E-state index contributed by atoms with van der Waals surface area (Å²) >= 11 is 0. The molecule has 2 rings (SSSR count). The summed E-state index contributed by atoms with van der Waals surface area (Å²) in [6.07, 6.45) is 10.3. The fourth-order valence-electron chi connectivity index (χ4n) is 2.20. The molecule has 0 aliphatic rings. The Morgan fingerprint density at radius 3 is 2.47 bits per heavy atom. The zero-order valence-electron chi connectivity index (χ0n) is 11.8. The SMILES string of the molecule is C#CCC(n1cc(-c2ccccc2)cn1)[Si](C)(C)C. The maximum atomic E-state index is 5.51. The molecule has 0 N–H and O–H groups in total. The van der Waals surface area contributed by atoms with E-state index >= 15 is 0 Å². The van der Waals surface area contributed by atoms with Gasteiger partial charge in [0.15, 0.2) is 0 Å². The van der Waals surface area contributed by atoms with E-state index in [1.165, 1.54) is 5.56 Å². The van der Waals surface area contributed by atoms with Crippen LogP contribution in [0.1, 0.15) is 12.1 Å². The van der Waals surface area contributed by atoms with E-state index in [9.17, 15) is 0 Å². The van der Waals surface area contributed by atoms with E-state index in [0.717, 1.165) is 12.0 Å². The standard InChI is InChI=1S/C16H20N2Si/c1-5-9-16(19(2,3)4)18-13-15(12-17-18)14-10-7-6-8-11-14/h1,6-8,10-13,16H,9H2,2-4H3. The number of hydrogen-bond acceptors (Lipinski definition) is 1. The molecule has 1 aromatic carbocycles. The number of hydrogen-bond donors (Lipinski definition) is 0. The van der Waals surface area contributed by atoms with Gasteiger partial charge in [0.05, 0.1) is 19.9 Å². The molecule has 0 radical (unpaired) electrons. The second-order valence-electron chi connectivity index (χ2n) is 5.87. The molecule has 0 saturated heterocycles. The average molecular weight is 268 g/mol. The van der Waals surface area contributed by atoms with Gasteiger partial charge in [-0.3, -0.25) is 4.68 Å². The summed E-state index contributed by atoms with van der Waals surface area (Å²) in [5, 5.41) is 4.53. The van der Waals surface area contributed by atoms with Gasteiger partial charge in [-0.25, -0.2) is 0 Å². The summed E-state index contributed by atoms with van der Waals surface area (Å²) < 4.78 is 2.06. The molecule has 1 atom stereocenters. The number of benzene rings is 1. The highest BCUT2D eigenvalue weighted by Crippen LogP contribution is 2.26. The molecule has 0 aliphatic carbocycles. The molecule has 0 fully saturated rings. The molecule has 0 aliphatic heterocycles. The van der Waals surface area contributed by atoms with Crippen molar-refractivity contribution < 1.29 is 0 Å². The topological polar surface area (TPSA) is 17.8 Å². The van der Waals surface area contributed by atoms with Crippen molar-refractivity contribution in [2.45, 2.75) is 31.7 Å². The third-order valence-corrected chi connectivity index (χ3v) is 5.81. The van der Waals surface area contributed by atoms with Crippen LogP contribution < -0.4 is 0 Å². The van der Waals surface area contributed by atoms with Crippen molar-refractivity contribution in [3.8, 4) is 23.5 Å². The second kappa shape index (κ2) is 5.46. The van der Waals surface area contributed by atoms with Crippen LogP contribution in [0.5, 0.6) is 0 Å². The van der Waals surface area contributed by atoms with Crippen molar-refractivity contribution in [2.24, 2.45) is 0 Å². The molecule has 0 amide bonds.